The van der Waals surface area contributed by atoms with E-state index in [1.165, 1.54) is 4.68 Å². The Morgan fingerprint density at radius 1 is 1.03 bits per heavy atom. The number of rotatable bonds is 6. The smallest absolute Gasteiger partial charge is 0.273 e. The Labute approximate surface area is 176 Å². The van der Waals surface area contributed by atoms with Crippen LogP contribution in [0.2, 0.25) is 0 Å². The van der Waals surface area contributed by atoms with Crippen LogP contribution in [-0.4, -0.2) is 21.6 Å². The van der Waals surface area contributed by atoms with E-state index in [0.717, 1.165) is 10.0 Å². The van der Waals surface area contributed by atoms with Crippen molar-refractivity contribution < 1.29 is 9.59 Å². The molecule has 0 fully saturated rings. The average Bonchev–Trinajstić information content (AvgIpc) is 2.73. The summed E-state index contributed by atoms with van der Waals surface area (Å²) in [4.78, 5) is 37.3. The van der Waals surface area contributed by atoms with E-state index in [1.54, 1.807) is 24.3 Å². The molecule has 0 bridgehead atoms. The molecule has 0 aliphatic heterocycles. The normalized spacial score (nSPS) is 10.7. The van der Waals surface area contributed by atoms with Gasteiger partial charge in [0, 0.05) is 22.8 Å². The number of aryl methyl sites for hydroxylation is 2. The molecule has 2 amide bonds. The number of amides is 2. The Bertz CT molecular complexity index is 1110. The summed E-state index contributed by atoms with van der Waals surface area (Å²) in [5.41, 5.74) is 5.69. The van der Waals surface area contributed by atoms with Crippen molar-refractivity contribution in [2.45, 2.75) is 32.7 Å². The number of nitrogens with zero attached hydrogens (tertiary/aromatic N) is 2. The molecule has 29 heavy (non-hydrogen) atoms. The highest BCUT2D eigenvalue weighted by molar-refractivity contribution is 9.10. The molecule has 0 saturated carbocycles. The zero-order chi connectivity index (χ0) is 20.8. The monoisotopic (exact) mass is 456 g/mol. The maximum absolute atomic E-state index is 12.6. The lowest BCUT2D eigenvalue weighted by Crippen LogP contribution is -2.43. The molecule has 1 aromatic heterocycles. The van der Waals surface area contributed by atoms with E-state index in [4.69, 9.17) is 0 Å². The maximum atomic E-state index is 12.6. The number of carbonyl (C=O) groups excluding carboxylic acids is 2. The third kappa shape index (κ3) is 4.89. The molecule has 150 valence electrons. The van der Waals surface area contributed by atoms with Crippen LogP contribution in [0.1, 0.15) is 35.8 Å². The van der Waals surface area contributed by atoms with Crippen LogP contribution in [0.5, 0.6) is 0 Å². The van der Waals surface area contributed by atoms with Crippen molar-refractivity contribution >= 4 is 38.5 Å². The fraction of sp³-hybridized carbons (Fsp3) is 0.238. The number of fused-ring (bicyclic) bond motifs is 1. The number of hydrazine groups is 1. The summed E-state index contributed by atoms with van der Waals surface area (Å²) >= 11 is 3.45. The first kappa shape index (κ1) is 20.7. The minimum absolute atomic E-state index is 0.0970. The van der Waals surface area contributed by atoms with Crippen molar-refractivity contribution in [2.75, 3.05) is 0 Å². The van der Waals surface area contributed by atoms with Crippen LogP contribution < -0.4 is 16.4 Å². The topological polar surface area (TPSA) is 93.1 Å². The van der Waals surface area contributed by atoms with Crippen LogP contribution >= 0.6 is 15.9 Å². The lowest BCUT2D eigenvalue weighted by Gasteiger charge is -2.11. The third-order valence-electron chi connectivity index (χ3n) is 4.41. The van der Waals surface area contributed by atoms with Gasteiger partial charge in [0.2, 0.25) is 5.91 Å². The number of benzene rings is 2. The molecule has 0 aliphatic rings. The second-order valence-corrected chi connectivity index (χ2v) is 7.37. The molecule has 0 atom stereocenters. The molecule has 3 rings (SSSR count). The van der Waals surface area contributed by atoms with Crippen molar-refractivity contribution in [3.8, 4) is 0 Å². The van der Waals surface area contributed by atoms with Crippen molar-refractivity contribution in [1.29, 1.82) is 0 Å². The van der Waals surface area contributed by atoms with Crippen LogP contribution in [0.3, 0.4) is 0 Å². The van der Waals surface area contributed by atoms with Crippen molar-refractivity contribution in [3.05, 3.63) is 74.6 Å². The summed E-state index contributed by atoms with van der Waals surface area (Å²) < 4.78 is 2.22. The van der Waals surface area contributed by atoms with Gasteiger partial charge in [-0.15, -0.1) is 0 Å². The molecule has 2 N–H and O–H groups in total. The summed E-state index contributed by atoms with van der Waals surface area (Å²) in [6, 6.07) is 14.5. The van der Waals surface area contributed by atoms with E-state index >= 15 is 0 Å². The standard InChI is InChI=1S/C21H21BrN4O3/c1-2-13-26-21(29)16-9-5-4-8-15(16)19(25-26)20(28)24-23-18(27)12-11-14-7-3-6-10-17(14)22/h3-10H,2,11-13H2,1H3,(H,23,27)(H,24,28). The van der Waals surface area contributed by atoms with E-state index in [-0.39, 0.29) is 23.6 Å². The molecule has 7 nitrogen and oxygen atoms in total. The predicted molar refractivity (Wildman–Crippen MR) is 114 cm³/mol. The van der Waals surface area contributed by atoms with Crippen LogP contribution in [0.15, 0.2) is 57.8 Å². The van der Waals surface area contributed by atoms with Gasteiger partial charge in [-0.1, -0.05) is 59.3 Å². The van der Waals surface area contributed by atoms with E-state index in [9.17, 15) is 14.4 Å². The molecule has 2 aromatic carbocycles. The zero-order valence-corrected chi connectivity index (χ0v) is 17.5. The minimum Gasteiger partial charge on any atom is -0.273 e. The number of hydrogen-bond acceptors (Lipinski definition) is 4. The Morgan fingerprint density at radius 3 is 2.45 bits per heavy atom. The van der Waals surface area contributed by atoms with Gasteiger partial charge < -0.3 is 0 Å². The van der Waals surface area contributed by atoms with E-state index < -0.39 is 5.91 Å². The molecule has 0 spiro atoms. The average molecular weight is 457 g/mol. The minimum atomic E-state index is -0.569. The Hall–Kier alpha value is -3.00. The first-order chi connectivity index (χ1) is 14.0. The molecule has 0 aliphatic carbocycles. The lowest BCUT2D eigenvalue weighted by molar-refractivity contribution is -0.121. The van der Waals surface area contributed by atoms with Gasteiger partial charge in [-0.05, 0) is 30.5 Å². The van der Waals surface area contributed by atoms with E-state index in [2.05, 4.69) is 31.9 Å². The summed E-state index contributed by atoms with van der Waals surface area (Å²) in [5, 5.41) is 5.07. The summed E-state index contributed by atoms with van der Waals surface area (Å²) in [5.74, 6) is -0.888. The van der Waals surface area contributed by atoms with Gasteiger partial charge in [0.15, 0.2) is 5.69 Å². The first-order valence-corrected chi connectivity index (χ1v) is 10.1. The molecular formula is C21H21BrN4O3. The molecule has 0 radical (unpaired) electrons. The molecular weight excluding hydrogens is 436 g/mol. The Balaban J connectivity index is 1.71. The Morgan fingerprint density at radius 2 is 1.72 bits per heavy atom. The van der Waals surface area contributed by atoms with Crippen LogP contribution in [-0.2, 0) is 17.8 Å². The van der Waals surface area contributed by atoms with Crippen molar-refractivity contribution in [2.24, 2.45) is 0 Å². The number of aromatic nitrogens is 2. The summed E-state index contributed by atoms with van der Waals surface area (Å²) in [6.07, 6.45) is 1.45. The Kier molecular flexibility index (Phi) is 6.77. The number of carbonyl (C=O) groups is 2. The fourth-order valence-corrected chi connectivity index (χ4v) is 3.45. The van der Waals surface area contributed by atoms with Crippen molar-refractivity contribution in [3.63, 3.8) is 0 Å². The summed E-state index contributed by atoms with van der Waals surface area (Å²) in [7, 11) is 0. The van der Waals surface area contributed by atoms with Gasteiger partial charge in [0.25, 0.3) is 11.5 Å². The third-order valence-corrected chi connectivity index (χ3v) is 5.19. The number of nitrogens with one attached hydrogen (secondary N) is 2. The van der Waals surface area contributed by atoms with Gasteiger partial charge in [-0.2, -0.15) is 5.10 Å². The summed E-state index contributed by atoms with van der Waals surface area (Å²) in [6.45, 7) is 2.33. The van der Waals surface area contributed by atoms with Crippen LogP contribution in [0.4, 0.5) is 0 Å². The fourth-order valence-electron chi connectivity index (χ4n) is 2.96. The maximum Gasteiger partial charge on any atom is 0.290 e. The van der Waals surface area contributed by atoms with Gasteiger partial charge >= 0.3 is 0 Å². The number of halogens is 1. The van der Waals surface area contributed by atoms with Crippen molar-refractivity contribution in [1.82, 2.24) is 20.6 Å². The number of hydrogen-bond donors (Lipinski definition) is 2. The lowest BCUT2D eigenvalue weighted by atomic mass is 10.1. The van der Waals surface area contributed by atoms with Gasteiger partial charge in [0.05, 0.1) is 5.39 Å². The van der Waals surface area contributed by atoms with Gasteiger partial charge in [-0.3, -0.25) is 25.2 Å². The zero-order valence-electron chi connectivity index (χ0n) is 15.9. The molecule has 0 saturated heterocycles. The SMILES string of the molecule is CCCn1nc(C(=O)NNC(=O)CCc2ccccc2Br)c2ccccc2c1=O. The highest BCUT2D eigenvalue weighted by Crippen LogP contribution is 2.17. The van der Waals surface area contributed by atoms with Crippen LogP contribution in [0, 0.1) is 0 Å². The largest absolute Gasteiger partial charge is 0.290 e. The van der Waals surface area contributed by atoms with Gasteiger partial charge in [0.1, 0.15) is 0 Å². The second kappa shape index (κ2) is 9.47. The molecule has 8 heteroatoms. The highest BCUT2D eigenvalue weighted by atomic mass is 79.9. The highest BCUT2D eigenvalue weighted by Gasteiger charge is 2.17. The van der Waals surface area contributed by atoms with E-state index in [1.807, 2.05) is 31.2 Å². The quantitative estimate of drug-likeness (QED) is 0.557. The predicted octanol–water partition coefficient (Wildman–Crippen LogP) is 2.96. The first-order valence-electron chi connectivity index (χ1n) is 9.33. The molecule has 0 unspecified atom stereocenters. The molecule has 1 heterocycles. The van der Waals surface area contributed by atoms with Gasteiger partial charge in [-0.25, -0.2) is 4.68 Å². The van der Waals surface area contributed by atoms with E-state index in [0.29, 0.717) is 30.2 Å². The van der Waals surface area contributed by atoms with Crippen LogP contribution in [0.25, 0.3) is 10.8 Å². The second-order valence-electron chi connectivity index (χ2n) is 6.52. The molecule has 3 aromatic rings.